The molecule has 2 N–H and O–H groups in total. The molecular weight excluding hydrogens is 230 g/mol. The van der Waals surface area contributed by atoms with E-state index in [0.29, 0.717) is 12.1 Å². The topological polar surface area (TPSA) is 61.4 Å². The molecular formula is C13H23N3O2. The molecule has 0 aromatic carbocycles. The molecule has 3 amide bonds. The summed E-state index contributed by atoms with van der Waals surface area (Å²) >= 11 is 0. The van der Waals surface area contributed by atoms with Gasteiger partial charge in [-0.15, -0.1) is 0 Å². The van der Waals surface area contributed by atoms with E-state index in [9.17, 15) is 9.59 Å². The van der Waals surface area contributed by atoms with E-state index in [2.05, 4.69) is 17.6 Å². The summed E-state index contributed by atoms with van der Waals surface area (Å²) < 4.78 is 0. The number of nitrogens with one attached hydrogen (secondary N) is 2. The normalized spacial score (nSPS) is 25.4. The molecule has 1 aliphatic heterocycles. The average Bonchev–Trinajstić information content (AvgIpc) is 3.12. The third-order valence-electron chi connectivity index (χ3n) is 3.72. The number of amides is 3. The van der Waals surface area contributed by atoms with Gasteiger partial charge in [-0.05, 0) is 46.0 Å². The molecule has 1 saturated heterocycles. The van der Waals surface area contributed by atoms with Crippen LogP contribution < -0.4 is 10.6 Å². The van der Waals surface area contributed by atoms with E-state index in [-0.39, 0.29) is 11.9 Å². The Kier molecular flexibility index (Phi) is 4.09. The van der Waals surface area contributed by atoms with Crippen molar-refractivity contribution in [3.05, 3.63) is 0 Å². The fraction of sp³-hybridized carbons (Fsp3) is 0.846. The van der Waals surface area contributed by atoms with Gasteiger partial charge in [0.1, 0.15) is 6.04 Å². The van der Waals surface area contributed by atoms with Crippen LogP contribution in [0.2, 0.25) is 0 Å². The molecule has 0 radical (unpaired) electrons. The summed E-state index contributed by atoms with van der Waals surface area (Å²) in [6, 6.07) is -0.0458. The smallest absolute Gasteiger partial charge is 0.315 e. The number of likely N-dealkylation sites (tertiary alicyclic amines) is 1. The second-order valence-electron chi connectivity index (χ2n) is 5.49. The first-order valence-electron chi connectivity index (χ1n) is 6.95. The Morgan fingerprint density at radius 1 is 1.22 bits per heavy atom. The highest BCUT2D eigenvalue weighted by Crippen LogP contribution is 2.19. The van der Waals surface area contributed by atoms with Crippen LogP contribution in [0.1, 0.15) is 46.0 Å². The van der Waals surface area contributed by atoms with Crippen LogP contribution in [0.4, 0.5) is 4.79 Å². The molecule has 1 saturated carbocycles. The van der Waals surface area contributed by atoms with Crippen molar-refractivity contribution in [2.24, 2.45) is 0 Å². The third kappa shape index (κ3) is 3.37. The standard InChI is InChI=1S/C13H23N3O2/c1-9-5-3-4-8-16(9)12(17)10(2)14-13(18)15-11-6-7-11/h9-11H,3-8H2,1-2H3,(H2,14,15,18)/t9-,10-/m1/s1. The van der Waals surface area contributed by atoms with E-state index in [1.54, 1.807) is 6.92 Å². The number of carbonyl (C=O) groups is 2. The molecule has 1 heterocycles. The molecule has 2 atom stereocenters. The number of urea groups is 1. The summed E-state index contributed by atoms with van der Waals surface area (Å²) in [5.74, 6) is 0.0353. The van der Waals surface area contributed by atoms with Crippen molar-refractivity contribution < 1.29 is 9.59 Å². The quantitative estimate of drug-likeness (QED) is 0.795. The molecule has 18 heavy (non-hydrogen) atoms. The largest absolute Gasteiger partial charge is 0.338 e. The Morgan fingerprint density at radius 3 is 2.56 bits per heavy atom. The molecule has 5 nitrogen and oxygen atoms in total. The molecule has 0 bridgehead atoms. The van der Waals surface area contributed by atoms with Gasteiger partial charge in [0.25, 0.3) is 0 Å². The van der Waals surface area contributed by atoms with Crippen molar-refractivity contribution in [1.29, 1.82) is 0 Å². The summed E-state index contributed by atoms with van der Waals surface area (Å²) in [5.41, 5.74) is 0. The Labute approximate surface area is 108 Å². The minimum Gasteiger partial charge on any atom is -0.338 e. The SMILES string of the molecule is C[C@@H]1CCCCN1C(=O)[C@@H](C)NC(=O)NC1CC1. The molecule has 2 fully saturated rings. The van der Waals surface area contributed by atoms with Crippen LogP contribution in [0, 0.1) is 0 Å². The van der Waals surface area contributed by atoms with Gasteiger partial charge < -0.3 is 15.5 Å². The summed E-state index contributed by atoms with van der Waals surface area (Å²) in [5, 5.41) is 5.56. The minimum absolute atomic E-state index is 0.0353. The van der Waals surface area contributed by atoms with E-state index in [1.807, 2.05) is 4.90 Å². The first-order chi connectivity index (χ1) is 8.58. The second kappa shape index (κ2) is 5.59. The maximum atomic E-state index is 12.2. The summed E-state index contributed by atoms with van der Waals surface area (Å²) in [6.07, 6.45) is 5.43. The van der Waals surface area contributed by atoms with E-state index in [1.165, 1.54) is 6.42 Å². The van der Waals surface area contributed by atoms with Gasteiger partial charge in [-0.2, -0.15) is 0 Å². The van der Waals surface area contributed by atoms with Crippen LogP contribution in [0.3, 0.4) is 0 Å². The van der Waals surface area contributed by atoms with Crippen molar-refractivity contribution in [1.82, 2.24) is 15.5 Å². The summed E-state index contributed by atoms with van der Waals surface area (Å²) in [4.78, 5) is 25.7. The summed E-state index contributed by atoms with van der Waals surface area (Å²) in [6.45, 7) is 4.65. The first kappa shape index (κ1) is 13.2. The predicted octanol–water partition coefficient (Wildman–Crippen LogP) is 1.24. The fourth-order valence-electron chi connectivity index (χ4n) is 2.39. The van der Waals surface area contributed by atoms with Crippen LogP contribution in [-0.2, 0) is 4.79 Å². The van der Waals surface area contributed by atoms with Gasteiger partial charge in [0, 0.05) is 18.6 Å². The van der Waals surface area contributed by atoms with Gasteiger partial charge in [-0.1, -0.05) is 0 Å². The first-order valence-corrected chi connectivity index (χ1v) is 6.95. The Morgan fingerprint density at radius 2 is 1.94 bits per heavy atom. The van der Waals surface area contributed by atoms with E-state index >= 15 is 0 Å². The van der Waals surface area contributed by atoms with Gasteiger partial charge in [-0.25, -0.2) is 4.79 Å². The van der Waals surface area contributed by atoms with Crippen LogP contribution in [0.5, 0.6) is 0 Å². The molecule has 0 aromatic rings. The average molecular weight is 253 g/mol. The molecule has 0 spiro atoms. The Balaban J connectivity index is 1.80. The molecule has 5 heteroatoms. The van der Waals surface area contributed by atoms with E-state index in [4.69, 9.17) is 0 Å². The fourth-order valence-corrected chi connectivity index (χ4v) is 2.39. The Hall–Kier alpha value is -1.26. The van der Waals surface area contributed by atoms with Crippen LogP contribution >= 0.6 is 0 Å². The van der Waals surface area contributed by atoms with Crippen LogP contribution in [0.25, 0.3) is 0 Å². The van der Waals surface area contributed by atoms with Crippen molar-refractivity contribution in [3.8, 4) is 0 Å². The minimum atomic E-state index is -0.440. The highest BCUT2D eigenvalue weighted by molar-refractivity contribution is 5.87. The monoisotopic (exact) mass is 253 g/mol. The molecule has 0 unspecified atom stereocenters. The van der Waals surface area contributed by atoms with Gasteiger partial charge >= 0.3 is 6.03 Å². The van der Waals surface area contributed by atoms with E-state index in [0.717, 1.165) is 32.2 Å². The molecule has 102 valence electrons. The predicted molar refractivity (Wildman–Crippen MR) is 69.2 cm³/mol. The third-order valence-corrected chi connectivity index (χ3v) is 3.72. The number of hydrogen-bond acceptors (Lipinski definition) is 2. The molecule has 2 aliphatic rings. The van der Waals surface area contributed by atoms with Crippen LogP contribution in [0.15, 0.2) is 0 Å². The van der Waals surface area contributed by atoms with Gasteiger partial charge in [-0.3, -0.25) is 4.79 Å². The zero-order valence-electron chi connectivity index (χ0n) is 11.2. The van der Waals surface area contributed by atoms with Crippen molar-refractivity contribution in [3.63, 3.8) is 0 Å². The zero-order valence-corrected chi connectivity index (χ0v) is 11.2. The number of carbonyl (C=O) groups excluding carboxylic acids is 2. The highest BCUT2D eigenvalue weighted by Gasteiger charge is 2.29. The number of nitrogens with zero attached hydrogens (tertiary/aromatic N) is 1. The second-order valence-corrected chi connectivity index (χ2v) is 5.49. The lowest BCUT2D eigenvalue weighted by Gasteiger charge is -2.35. The number of piperidine rings is 1. The zero-order chi connectivity index (χ0) is 13.1. The highest BCUT2D eigenvalue weighted by atomic mass is 16.2. The summed E-state index contributed by atoms with van der Waals surface area (Å²) in [7, 11) is 0. The van der Waals surface area contributed by atoms with Crippen molar-refractivity contribution in [2.75, 3.05) is 6.54 Å². The lowest BCUT2D eigenvalue weighted by molar-refractivity contribution is -0.136. The maximum absolute atomic E-state index is 12.2. The molecule has 2 rings (SSSR count). The van der Waals surface area contributed by atoms with Gasteiger partial charge in [0.05, 0.1) is 0 Å². The van der Waals surface area contributed by atoms with Gasteiger partial charge in [0.15, 0.2) is 0 Å². The lowest BCUT2D eigenvalue weighted by atomic mass is 10.0. The van der Waals surface area contributed by atoms with E-state index < -0.39 is 6.04 Å². The van der Waals surface area contributed by atoms with Crippen LogP contribution in [-0.4, -0.2) is 41.5 Å². The molecule has 1 aliphatic carbocycles. The lowest BCUT2D eigenvalue weighted by Crippen LogP contribution is -2.53. The van der Waals surface area contributed by atoms with Crippen molar-refractivity contribution in [2.45, 2.75) is 64.1 Å². The molecule has 0 aromatic heterocycles. The number of hydrogen-bond donors (Lipinski definition) is 2. The van der Waals surface area contributed by atoms with Gasteiger partial charge in [0.2, 0.25) is 5.91 Å². The maximum Gasteiger partial charge on any atom is 0.315 e. The number of rotatable bonds is 3. The van der Waals surface area contributed by atoms with Crippen molar-refractivity contribution >= 4 is 11.9 Å². The Bertz CT molecular complexity index is 328.